The van der Waals surface area contributed by atoms with Crippen molar-refractivity contribution >= 4 is 11.9 Å². The van der Waals surface area contributed by atoms with Crippen LogP contribution >= 0.6 is 0 Å². The largest absolute Gasteiger partial charge is 0.466 e. The van der Waals surface area contributed by atoms with Crippen LogP contribution in [0, 0.1) is 0 Å². The van der Waals surface area contributed by atoms with E-state index in [9.17, 15) is 19.8 Å². The molecule has 2 atom stereocenters. The van der Waals surface area contributed by atoms with Gasteiger partial charge in [-0.05, 0) is 57.8 Å². The molecule has 480 valence electrons. The van der Waals surface area contributed by atoms with Crippen LogP contribution in [0.3, 0.4) is 0 Å². The lowest BCUT2D eigenvalue weighted by atomic mass is 10.0. The third-order valence-corrected chi connectivity index (χ3v) is 17.5. The summed E-state index contributed by atoms with van der Waals surface area (Å²) in [6.07, 6.45) is 89.7. The summed E-state index contributed by atoms with van der Waals surface area (Å²) in [6.45, 7) is 4.99. The number of amides is 1. The summed E-state index contributed by atoms with van der Waals surface area (Å²) in [7, 11) is 0. The summed E-state index contributed by atoms with van der Waals surface area (Å²) in [6, 6.07) is -0.539. The summed E-state index contributed by atoms with van der Waals surface area (Å²) < 4.78 is 5.51. The average Bonchev–Trinajstić information content (AvgIpc) is 3.47. The van der Waals surface area contributed by atoms with Gasteiger partial charge in [0.05, 0.1) is 25.4 Å². The van der Waals surface area contributed by atoms with Gasteiger partial charge in [-0.2, -0.15) is 0 Å². The van der Waals surface area contributed by atoms with Gasteiger partial charge in [-0.3, -0.25) is 9.59 Å². The Kier molecular flexibility index (Phi) is 69.4. The van der Waals surface area contributed by atoms with Gasteiger partial charge in [0.2, 0.25) is 5.91 Å². The molecule has 0 rings (SSSR count). The van der Waals surface area contributed by atoms with Gasteiger partial charge in [0.25, 0.3) is 0 Å². The van der Waals surface area contributed by atoms with E-state index in [1.165, 1.54) is 340 Å². The first-order valence-electron chi connectivity index (χ1n) is 37.1. The summed E-state index contributed by atoms with van der Waals surface area (Å²) >= 11 is 0. The number of rotatable bonds is 70. The van der Waals surface area contributed by atoms with E-state index in [0.29, 0.717) is 25.9 Å². The average molecular weight is 1140 g/mol. The third-order valence-electron chi connectivity index (χ3n) is 17.5. The molecule has 0 aromatic heterocycles. The Morgan fingerprint density at radius 3 is 0.938 bits per heavy atom. The standard InChI is InChI=1S/C75H145NO5/c1-3-5-7-9-11-13-15-17-18-19-38-41-45-49-53-57-61-65-69-75(80)81-70-66-62-58-54-50-46-42-39-36-34-32-30-28-26-24-22-20-21-23-25-27-29-31-33-35-37-40-44-48-52-56-60-64-68-74(79)76-72(71-77)73(78)67-63-59-55-51-47-43-16-14-12-10-8-6-4-2/h24,26,30,32,72-73,77-78H,3-23,25,27-29,31,33-71H2,1-2H3,(H,76,79)/b26-24-,32-30-. The highest BCUT2D eigenvalue weighted by molar-refractivity contribution is 5.76. The van der Waals surface area contributed by atoms with Gasteiger partial charge in [-0.25, -0.2) is 0 Å². The van der Waals surface area contributed by atoms with Crippen molar-refractivity contribution in [1.82, 2.24) is 5.32 Å². The van der Waals surface area contributed by atoms with E-state index < -0.39 is 12.1 Å². The highest BCUT2D eigenvalue weighted by atomic mass is 16.5. The number of unbranched alkanes of at least 4 members (excludes halogenated alkanes) is 55. The molecule has 0 spiro atoms. The van der Waals surface area contributed by atoms with E-state index in [0.717, 1.165) is 44.9 Å². The van der Waals surface area contributed by atoms with E-state index >= 15 is 0 Å². The Bertz CT molecular complexity index is 1270. The zero-order valence-corrected chi connectivity index (χ0v) is 55.0. The molecular formula is C75H145NO5. The Balaban J connectivity index is 3.35. The molecule has 0 aliphatic carbocycles. The molecular weight excluding hydrogens is 995 g/mol. The minimum Gasteiger partial charge on any atom is -0.466 e. The number of aliphatic hydroxyl groups is 2. The number of allylic oxidation sites excluding steroid dienone is 4. The van der Waals surface area contributed by atoms with Crippen molar-refractivity contribution < 1.29 is 24.5 Å². The fourth-order valence-corrected chi connectivity index (χ4v) is 11.9. The number of carbonyl (C=O) groups excluding carboxylic acids is 2. The van der Waals surface area contributed by atoms with Crippen LogP contribution in [0.25, 0.3) is 0 Å². The van der Waals surface area contributed by atoms with Gasteiger partial charge in [0.15, 0.2) is 0 Å². The Morgan fingerprint density at radius 2 is 0.617 bits per heavy atom. The number of carbonyl (C=O) groups is 2. The lowest BCUT2D eigenvalue weighted by Gasteiger charge is -2.22. The molecule has 0 saturated heterocycles. The third kappa shape index (κ3) is 67.3. The summed E-state index contributed by atoms with van der Waals surface area (Å²) in [4.78, 5) is 24.6. The van der Waals surface area contributed by atoms with Gasteiger partial charge < -0.3 is 20.3 Å². The number of esters is 1. The second-order valence-electron chi connectivity index (χ2n) is 25.6. The van der Waals surface area contributed by atoms with Crippen LogP contribution in [-0.4, -0.2) is 47.4 Å². The van der Waals surface area contributed by atoms with Crippen molar-refractivity contribution in [2.45, 2.75) is 431 Å². The second kappa shape index (κ2) is 70.8. The minimum absolute atomic E-state index is 0.0194. The van der Waals surface area contributed by atoms with Crippen molar-refractivity contribution in [2.75, 3.05) is 13.2 Å². The zero-order chi connectivity index (χ0) is 58.5. The van der Waals surface area contributed by atoms with Crippen LogP contribution in [0.4, 0.5) is 0 Å². The van der Waals surface area contributed by atoms with Crippen LogP contribution < -0.4 is 5.32 Å². The molecule has 81 heavy (non-hydrogen) atoms. The molecule has 6 heteroatoms. The topological polar surface area (TPSA) is 95.9 Å². The summed E-state index contributed by atoms with van der Waals surface area (Å²) in [5.74, 6) is -0.0115. The molecule has 6 nitrogen and oxygen atoms in total. The molecule has 0 saturated carbocycles. The SMILES string of the molecule is CCCCCCCCCCCCCCCCCCCCC(=O)OCCCCCCCCCCC/C=C\C/C=C\CCCCCCCCCCCCCCCCCCCC(=O)NC(CO)C(O)CCCCCCCCCCCCCCC. The van der Waals surface area contributed by atoms with Crippen LogP contribution in [0.5, 0.6) is 0 Å². The first kappa shape index (κ1) is 79.3. The molecule has 0 fully saturated rings. The van der Waals surface area contributed by atoms with Crippen molar-refractivity contribution in [3.63, 3.8) is 0 Å². The fraction of sp³-hybridized carbons (Fsp3) is 0.920. The normalized spacial score (nSPS) is 12.6. The smallest absolute Gasteiger partial charge is 0.305 e. The zero-order valence-electron chi connectivity index (χ0n) is 55.0. The second-order valence-corrected chi connectivity index (χ2v) is 25.6. The van der Waals surface area contributed by atoms with Gasteiger partial charge in [-0.15, -0.1) is 0 Å². The highest BCUT2D eigenvalue weighted by Crippen LogP contribution is 2.19. The molecule has 0 aromatic carbocycles. The quantitative estimate of drug-likeness (QED) is 0.0320. The number of aliphatic hydroxyl groups excluding tert-OH is 2. The van der Waals surface area contributed by atoms with Gasteiger partial charge in [0.1, 0.15) is 0 Å². The van der Waals surface area contributed by atoms with E-state index in [4.69, 9.17) is 4.74 Å². The van der Waals surface area contributed by atoms with E-state index in [-0.39, 0.29) is 18.5 Å². The molecule has 0 aliphatic rings. The first-order valence-corrected chi connectivity index (χ1v) is 37.1. The molecule has 0 aromatic rings. The molecule has 0 radical (unpaired) electrons. The van der Waals surface area contributed by atoms with Crippen LogP contribution in [0.1, 0.15) is 418 Å². The maximum absolute atomic E-state index is 12.5. The van der Waals surface area contributed by atoms with E-state index in [1.54, 1.807) is 0 Å². The Labute approximate surface area is 507 Å². The lowest BCUT2D eigenvalue weighted by molar-refractivity contribution is -0.143. The molecule has 3 N–H and O–H groups in total. The first-order chi connectivity index (χ1) is 40.0. The molecule has 0 aliphatic heterocycles. The predicted octanol–water partition coefficient (Wildman–Crippen LogP) is 24.1. The fourth-order valence-electron chi connectivity index (χ4n) is 11.9. The maximum atomic E-state index is 12.5. The summed E-state index contributed by atoms with van der Waals surface area (Å²) in [5, 5.41) is 23.3. The lowest BCUT2D eigenvalue weighted by Crippen LogP contribution is -2.45. The Morgan fingerprint density at radius 1 is 0.346 bits per heavy atom. The number of hydrogen-bond acceptors (Lipinski definition) is 5. The molecule has 2 unspecified atom stereocenters. The maximum Gasteiger partial charge on any atom is 0.305 e. The highest BCUT2D eigenvalue weighted by Gasteiger charge is 2.20. The van der Waals surface area contributed by atoms with Gasteiger partial charge in [-0.1, -0.05) is 372 Å². The van der Waals surface area contributed by atoms with Crippen LogP contribution in [0.2, 0.25) is 0 Å². The van der Waals surface area contributed by atoms with Crippen molar-refractivity contribution in [2.24, 2.45) is 0 Å². The summed E-state index contributed by atoms with van der Waals surface area (Å²) in [5.41, 5.74) is 0. The van der Waals surface area contributed by atoms with Crippen LogP contribution in [-0.2, 0) is 14.3 Å². The number of ether oxygens (including phenoxy) is 1. The van der Waals surface area contributed by atoms with Gasteiger partial charge in [0, 0.05) is 12.8 Å². The Hall–Kier alpha value is -1.66. The molecule has 0 bridgehead atoms. The number of hydrogen-bond donors (Lipinski definition) is 3. The van der Waals surface area contributed by atoms with Gasteiger partial charge >= 0.3 is 5.97 Å². The molecule has 1 amide bonds. The van der Waals surface area contributed by atoms with Crippen molar-refractivity contribution in [1.29, 1.82) is 0 Å². The predicted molar refractivity (Wildman–Crippen MR) is 356 cm³/mol. The van der Waals surface area contributed by atoms with Crippen LogP contribution in [0.15, 0.2) is 24.3 Å². The number of nitrogens with one attached hydrogen (secondary N) is 1. The van der Waals surface area contributed by atoms with E-state index in [2.05, 4.69) is 43.5 Å². The van der Waals surface area contributed by atoms with E-state index in [1.807, 2.05) is 0 Å². The monoisotopic (exact) mass is 1140 g/mol. The van der Waals surface area contributed by atoms with Crippen molar-refractivity contribution in [3.8, 4) is 0 Å². The van der Waals surface area contributed by atoms with Crippen molar-refractivity contribution in [3.05, 3.63) is 24.3 Å². The molecule has 0 heterocycles. The minimum atomic E-state index is -0.662.